The highest BCUT2D eigenvalue weighted by Gasteiger charge is 2.57. The van der Waals surface area contributed by atoms with Gasteiger partial charge in [0.2, 0.25) is 5.91 Å². The number of aromatic nitrogens is 2. The third-order valence-corrected chi connectivity index (χ3v) is 11.1. The molecule has 2 saturated carbocycles. The van der Waals surface area contributed by atoms with Crippen molar-refractivity contribution in [3.05, 3.63) is 46.3 Å². The van der Waals surface area contributed by atoms with Crippen LogP contribution in [0.4, 0.5) is 5.69 Å². The SMILES string of the molecule is Cc1cccc(N2CCN(C(=O)Cn3nc(C(=O)N4CCC(OCCO)CC4)c4c3CC3C4[C@@H]3C)[C@H]3CCC[C@@H]32)c1C. The Labute approximate surface area is 248 Å². The fraction of sp³-hybridized carbons (Fsp3) is 0.667. The molecule has 2 saturated heterocycles. The zero-order chi connectivity index (χ0) is 29.1. The first-order valence-corrected chi connectivity index (χ1v) is 16.1. The molecule has 1 aromatic heterocycles. The monoisotopic (exact) mass is 575 g/mol. The predicted octanol–water partition coefficient (Wildman–Crippen LogP) is 3.29. The number of aliphatic hydroxyl groups is 1. The largest absolute Gasteiger partial charge is 0.394 e. The van der Waals surface area contributed by atoms with Crippen LogP contribution in [0, 0.1) is 25.7 Å². The molecule has 2 unspecified atom stereocenters. The molecule has 9 heteroatoms. The third kappa shape index (κ3) is 4.64. The smallest absolute Gasteiger partial charge is 0.274 e. The first-order valence-electron chi connectivity index (χ1n) is 16.1. The Balaban J connectivity index is 1.08. The maximum atomic E-state index is 14.0. The van der Waals surface area contributed by atoms with E-state index in [9.17, 15) is 9.59 Å². The maximum absolute atomic E-state index is 14.0. The lowest BCUT2D eigenvalue weighted by molar-refractivity contribution is -0.135. The molecule has 2 amide bonds. The van der Waals surface area contributed by atoms with Gasteiger partial charge in [-0.15, -0.1) is 0 Å². The van der Waals surface area contributed by atoms with Gasteiger partial charge in [0, 0.05) is 49.2 Å². The number of amides is 2. The van der Waals surface area contributed by atoms with E-state index >= 15 is 0 Å². The summed E-state index contributed by atoms with van der Waals surface area (Å²) in [5, 5.41) is 14.0. The second-order valence-corrected chi connectivity index (χ2v) is 13.3. The highest BCUT2D eigenvalue weighted by Crippen LogP contribution is 2.62. The molecule has 0 spiro atoms. The van der Waals surface area contributed by atoms with E-state index in [1.165, 1.54) is 16.8 Å². The number of hydrogen-bond acceptors (Lipinski definition) is 6. The van der Waals surface area contributed by atoms with Crippen LogP contribution in [0.1, 0.15) is 77.8 Å². The highest BCUT2D eigenvalue weighted by atomic mass is 16.5. The van der Waals surface area contributed by atoms with E-state index in [-0.39, 0.29) is 37.1 Å². The van der Waals surface area contributed by atoms with Crippen LogP contribution in [0.5, 0.6) is 0 Å². The van der Waals surface area contributed by atoms with Crippen molar-refractivity contribution in [3.8, 4) is 0 Å². The molecule has 5 atom stereocenters. The number of ether oxygens (including phenoxy) is 1. The van der Waals surface area contributed by atoms with Gasteiger partial charge in [-0.05, 0) is 87.3 Å². The lowest BCUT2D eigenvalue weighted by Crippen LogP contribution is -2.59. The average Bonchev–Trinajstić information content (AvgIpc) is 3.42. The number of nitrogens with zero attached hydrogens (tertiary/aromatic N) is 5. The summed E-state index contributed by atoms with van der Waals surface area (Å²) < 4.78 is 7.59. The van der Waals surface area contributed by atoms with Crippen molar-refractivity contribution < 1.29 is 19.4 Å². The number of piperidine rings is 1. The fourth-order valence-corrected chi connectivity index (χ4v) is 8.59. The van der Waals surface area contributed by atoms with Crippen molar-refractivity contribution in [1.82, 2.24) is 19.6 Å². The van der Waals surface area contributed by atoms with Gasteiger partial charge in [0.05, 0.1) is 25.4 Å². The minimum absolute atomic E-state index is 0.00389. The number of aryl methyl sites for hydroxylation is 1. The zero-order valence-corrected chi connectivity index (χ0v) is 25.3. The molecule has 9 nitrogen and oxygen atoms in total. The van der Waals surface area contributed by atoms with Crippen molar-refractivity contribution in [1.29, 1.82) is 0 Å². The van der Waals surface area contributed by atoms with E-state index in [2.05, 4.69) is 48.8 Å². The van der Waals surface area contributed by atoms with E-state index in [0.717, 1.165) is 62.9 Å². The molecule has 226 valence electrons. The molecular weight excluding hydrogens is 530 g/mol. The van der Waals surface area contributed by atoms with Crippen LogP contribution in [0.15, 0.2) is 18.2 Å². The van der Waals surface area contributed by atoms with Crippen molar-refractivity contribution in [2.24, 2.45) is 11.8 Å². The molecule has 7 rings (SSSR count). The minimum Gasteiger partial charge on any atom is -0.394 e. The number of hydrogen-bond donors (Lipinski definition) is 1. The number of carbonyl (C=O) groups is 2. The topological polar surface area (TPSA) is 91.1 Å². The molecule has 3 heterocycles. The minimum atomic E-state index is -0.00389. The average molecular weight is 576 g/mol. The molecule has 2 aliphatic heterocycles. The molecule has 42 heavy (non-hydrogen) atoms. The molecule has 5 aliphatic rings. The van der Waals surface area contributed by atoms with Gasteiger partial charge in [0.25, 0.3) is 5.91 Å². The molecular formula is C33H45N5O4. The van der Waals surface area contributed by atoms with Gasteiger partial charge in [-0.2, -0.15) is 5.10 Å². The maximum Gasteiger partial charge on any atom is 0.274 e. The highest BCUT2D eigenvalue weighted by molar-refractivity contribution is 5.95. The summed E-state index contributed by atoms with van der Waals surface area (Å²) in [6, 6.07) is 7.12. The van der Waals surface area contributed by atoms with Crippen LogP contribution in [-0.2, 0) is 22.5 Å². The fourth-order valence-electron chi connectivity index (χ4n) is 8.59. The van der Waals surface area contributed by atoms with E-state index in [4.69, 9.17) is 14.9 Å². The number of anilines is 1. The number of carbonyl (C=O) groups excluding carboxylic acids is 2. The first-order chi connectivity index (χ1) is 20.4. The molecule has 0 bridgehead atoms. The summed E-state index contributed by atoms with van der Waals surface area (Å²) in [6.45, 7) is 10.1. The number of fused-ring (bicyclic) bond motifs is 4. The van der Waals surface area contributed by atoms with Gasteiger partial charge in [0.15, 0.2) is 5.69 Å². The molecule has 4 fully saturated rings. The Bertz CT molecular complexity index is 1360. The van der Waals surface area contributed by atoms with Gasteiger partial charge < -0.3 is 24.5 Å². The van der Waals surface area contributed by atoms with Gasteiger partial charge in [0.1, 0.15) is 6.54 Å². The Morgan fingerprint density at radius 1 is 1.05 bits per heavy atom. The van der Waals surface area contributed by atoms with Crippen molar-refractivity contribution in [2.45, 2.75) is 89.9 Å². The zero-order valence-electron chi connectivity index (χ0n) is 25.3. The van der Waals surface area contributed by atoms with Crippen LogP contribution < -0.4 is 4.90 Å². The summed E-state index contributed by atoms with van der Waals surface area (Å²) in [4.78, 5) is 34.3. The Morgan fingerprint density at radius 3 is 2.62 bits per heavy atom. The quantitative estimate of drug-likeness (QED) is 0.545. The summed E-state index contributed by atoms with van der Waals surface area (Å²) in [5.74, 6) is 1.67. The summed E-state index contributed by atoms with van der Waals surface area (Å²) in [7, 11) is 0. The van der Waals surface area contributed by atoms with Gasteiger partial charge in [-0.3, -0.25) is 14.3 Å². The van der Waals surface area contributed by atoms with E-state index < -0.39 is 0 Å². The summed E-state index contributed by atoms with van der Waals surface area (Å²) in [5.41, 5.74) is 6.75. The van der Waals surface area contributed by atoms with Crippen molar-refractivity contribution in [2.75, 3.05) is 44.3 Å². The Morgan fingerprint density at radius 2 is 1.83 bits per heavy atom. The number of benzene rings is 1. The third-order valence-electron chi connectivity index (χ3n) is 11.1. The molecule has 1 aromatic carbocycles. The molecule has 3 aliphatic carbocycles. The number of rotatable bonds is 7. The standard InChI is InChI=1S/C33H45N5O4/c1-20-6-4-7-25(21(20)2)36-14-15-37(27-9-5-8-26(27)36)29(40)19-38-28-18-24-22(3)30(24)31(28)32(34-38)33(41)35-12-10-23(11-13-35)42-17-16-39/h4,6-7,22-24,26-27,30,39H,5,8-19H2,1-3H3/t22-,24?,26+,27+,30?/m1/s1. The molecule has 0 radical (unpaired) electrons. The second-order valence-electron chi connectivity index (χ2n) is 13.3. The summed E-state index contributed by atoms with van der Waals surface area (Å²) >= 11 is 0. The van der Waals surface area contributed by atoms with Crippen LogP contribution in [-0.4, -0.2) is 94.1 Å². The Kier molecular flexibility index (Phi) is 7.29. The van der Waals surface area contributed by atoms with Crippen LogP contribution in [0.25, 0.3) is 0 Å². The molecule has 2 aromatic rings. The Hall–Kier alpha value is -2.91. The van der Waals surface area contributed by atoms with Gasteiger partial charge in [-0.1, -0.05) is 19.1 Å². The first kappa shape index (κ1) is 27.9. The number of piperazine rings is 1. The van der Waals surface area contributed by atoms with Crippen LogP contribution in [0.3, 0.4) is 0 Å². The predicted molar refractivity (Wildman–Crippen MR) is 160 cm³/mol. The van der Waals surface area contributed by atoms with Gasteiger partial charge >= 0.3 is 0 Å². The van der Waals surface area contributed by atoms with E-state index in [0.29, 0.717) is 49.2 Å². The summed E-state index contributed by atoms with van der Waals surface area (Å²) in [6.07, 6.45) is 5.83. The van der Waals surface area contributed by atoms with E-state index in [1.807, 2.05) is 9.58 Å². The van der Waals surface area contributed by atoms with Crippen molar-refractivity contribution in [3.63, 3.8) is 0 Å². The molecule has 1 N–H and O–H groups in total. The van der Waals surface area contributed by atoms with Crippen molar-refractivity contribution >= 4 is 17.5 Å². The number of aliphatic hydroxyl groups excluding tert-OH is 1. The normalized spacial score (nSPS) is 28.6. The second kappa shape index (κ2) is 11.0. The number of likely N-dealkylation sites (tertiary alicyclic amines) is 1. The van der Waals surface area contributed by atoms with Crippen LogP contribution >= 0.6 is 0 Å². The lowest BCUT2D eigenvalue weighted by Gasteiger charge is -2.46. The van der Waals surface area contributed by atoms with Crippen LogP contribution in [0.2, 0.25) is 0 Å². The lowest BCUT2D eigenvalue weighted by atomic mass is 10.00. The van der Waals surface area contributed by atoms with Gasteiger partial charge in [-0.25, -0.2) is 0 Å². The van der Waals surface area contributed by atoms with E-state index in [1.54, 1.807) is 0 Å².